The molecule has 0 saturated heterocycles. The van der Waals surface area contributed by atoms with Crippen LogP contribution in [-0.2, 0) is 6.54 Å². The Labute approximate surface area is 155 Å². The van der Waals surface area contributed by atoms with E-state index in [2.05, 4.69) is 10.2 Å². The predicted octanol–water partition coefficient (Wildman–Crippen LogP) is 3.40. The summed E-state index contributed by atoms with van der Waals surface area (Å²) in [4.78, 5) is 0. The molecule has 0 unspecified atom stereocenters. The highest BCUT2D eigenvalue weighted by Crippen LogP contribution is 2.33. The third kappa shape index (κ3) is 2.99. The normalized spacial score (nSPS) is 12.2. The molecular weight excluding hydrogens is 354 g/mol. The largest absolute Gasteiger partial charge is 0.497 e. The van der Waals surface area contributed by atoms with Gasteiger partial charge in [0.25, 0.3) is 0 Å². The van der Waals surface area contributed by atoms with E-state index >= 15 is 0 Å². The van der Waals surface area contributed by atoms with Crippen molar-refractivity contribution >= 4 is 12.2 Å². The number of hydrogen-bond acceptors (Lipinski definition) is 6. The summed E-state index contributed by atoms with van der Waals surface area (Å²) in [6.45, 7) is 0.791. The molecule has 0 saturated carbocycles. The maximum atomic E-state index is 5.45. The van der Waals surface area contributed by atoms with Crippen LogP contribution in [0.2, 0.25) is 0 Å². The summed E-state index contributed by atoms with van der Waals surface area (Å²) in [6.07, 6.45) is 0. The van der Waals surface area contributed by atoms with Gasteiger partial charge in [0.1, 0.15) is 11.5 Å². The zero-order valence-electron chi connectivity index (χ0n) is 14.3. The van der Waals surface area contributed by atoms with E-state index in [1.54, 1.807) is 14.2 Å². The molecular formula is C18H17N3O4S. The zero-order valence-corrected chi connectivity index (χ0v) is 15.1. The third-order valence-corrected chi connectivity index (χ3v) is 4.46. The van der Waals surface area contributed by atoms with Gasteiger partial charge in [0.2, 0.25) is 6.79 Å². The van der Waals surface area contributed by atoms with Crippen LogP contribution in [-0.4, -0.2) is 35.8 Å². The monoisotopic (exact) mass is 371 g/mol. The SMILES string of the molecule is COc1cc(OC)cc(-c2n[nH]c(=S)n2Cc2ccc3c(c2)OCO3)c1. The molecule has 2 heterocycles. The first-order valence-electron chi connectivity index (χ1n) is 7.95. The maximum Gasteiger partial charge on any atom is 0.231 e. The highest BCUT2D eigenvalue weighted by atomic mass is 32.1. The van der Waals surface area contributed by atoms with Crippen LogP contribution in [0.3, 0.4) is 0 Å². The second-order valence-electron chi connectivity index (χ2n) is 5.73. The van der Waals surface area contributed by atoms with Gasteiger partial charge in [-0.3, -0.25) is 9.67 Å². The molecule has 0 bridgehead atoms. The Morgan fingerprint density at radius 3 is 2.54 bits per heavy atom. The highest BCUT2D eigenvalue weighted by molar-refractivity contribution is 7.71. The van der Waals surface area contributed by atoms with Crippen LogP contribution in [0, 0.1) is 4.77 Å². The van der Waals surface area contributed by atoms with Crippen molar-refractivity contribution in [3.05, 3.63) is 46.7 Å². The fourth-order valence-electron chi connectivity index (χ4n) is 2.84. The third-order valence-electron chi connectivity index (χ3n) is 4.15. The summed E-state index contributed by atoms with van der Waals surface area (Å²) in [5, 5.41) is 7.25. The maximum absolute atomic E-state index is 5.45. The van der Waals surface area contributed by atoms with Crippen molar-refractivity contribution < 1.29 is 18.9 Å². The van der Waals surface area contributed by atoms with E-state index in [9.17, 15) is 0 Å². The van der Waals surface area contributed by atoms with Crippen molar-refractivity contribution in [1.29, 1.82) is 0 Å². The Bertz CT molecular complexity index is 990. The van der Waals surface area contributed by atoms with Crippen molar-refractivity contribution in [2.24, 2.45) is 0 Å². The van der Waals surface area contributed by atoms with Gasteiger partial charge < -0.3 is 18.9 Å². The van der Waals surface area contributed by atoms with Crippen LogP contribution in [0.4, 0.5) is 0 Å². The lowest BCUT2D eigenvalue weighted by Crippen LogP contribution is -2.03. The van der Waals surface area contributed by atoms with Gasteiger partial charge in [0.05, 0.1) is 20.8 Å². The fourth-order valence-corrected chi connectivity index (χ4v) is 3.04. The summed E-state index contributed by atoms with van der Waals surface area (Å²) in [5.41, 5.74) is 1.87. The lowest BCUT2D eigenvalue weighted by Gasteiger charge is -2.10. The Hall–Kier alpha value is -3.00. The number of ether oxygens (including phenoxy) is 4. The second-order valence-corrected chi connectivity index (χ2v) is 6.11. The first-order chi connectivity index (χ1) is 12.7. The van der Waals surface area contributed by atoms with Crippen LogP contribution in [0.1, 0.15) is 5.56 Å². The first kappa shape index (κ1) is 16.5. The van der Waals surface area contributed by atoms with Crippen LogP contribution in [0.15, 0.2) is 36.4 Å². The molecule has 134 valence electrons. The van der Waals surface area contributed by atoms with Crippen molar-refractivity contribution in [3.8, 4) is 34.4 Å². The van der Waals surface area contributed by atoms with E-state index in [-0.39, 0.29) is 6.79 Å². The standard InChI is InChI=1S/C18H17N3O4S/c1-22-13-6-12(7-14(8-13)23-2)17-19-20-18(26)21(17)9-11-3-4-15-16(5-11)25-10-24-15/h3-8H,9-10H2,1-2H3,(H,20,26). The van der Waals surface area contributed by atoms with Gasteiger partial charge in [-0.05, 0) is 42.0 Å². The van der Waals surface area contributed by atoms with Crippen molar-refractivity contribution in [2.75, 3.05) is 21.0 Å². The highest BCUT2D eigenvalue weighted by Gasteiger charge is 2.16. The minimum absolute atomic E-state index is 0.249. The number of H-pyrrole nitrogens is 1. The van der Waals surface area contributed by atoms with E-state index in [1.807, 2.05) is 41.0 Å². The number of rotatable bonds is 5. The number of methoxy groups -OCH3 is 2. The molecule has 26 heavy (non-hydrogen) atoms. The topological polar surface area (TPSA) is 70.5 Å². The smallest absolute Gasteiger partial charge is 0.231 e. The minimum Gasteiger partial charge on any atom is -0.497 e. The van der Waals surface area contributed by atoms with Gasteiger partial charge in [0.15, 0.2) is 22.1 Å². The summed E-state index contributed by atoms with van der Waals surface area (Å²) < 4.78 is 24.0. The summed E-state index contributed by atoms with van der Waals surface area (Å²) in [7, 11) is 3.23. The number of aromatic amines is 1. The van der Waals surface area contributed by atoms with Gasteiger partial charge >= 0.3 is 0 Å². The number of nitrogens with one attached hydrogen (secondary N) is 1. The number of fused-ring (bicyclic) bond motifs is 1. The van der Waals surface area contributed by atoms with E-state index in [1.165, 1.54) is 0 Å². The molecule has 1 aliphatic rings. The summed E-state index contributed by atoms with van der Waals surface area (Å²) in [5.74, 6) is 3.56. The molecule has 0 aliphatic carbocycles. The molecule has 2 aromatic carbocycles. The van der Waals surface area contributed by atoms with E-state index in [4.69, 9.17) is 31.2 Å². The Balaban J connectivity index is 1.73. The molecule has 0 atom stereocenters. The van der Waals surface area contributed by atoms with Crippen LogP contribution >= 0.6 is 12.2 Å². The van der Waals surface area contributed by atoms with E-state index < -0.39 is 0 Å². The van der Waals surface area contributed by atoms with Crippen molar-refractivity contribution in [2.45, 2.75) is 6.54 Å². The number of nitrogens with zero attached hydrogens (tertiary/aromatic N) is 2. The number of hydrogen-bond donors (Lipinski definition) is 1. The van der Waals surface area contributed by atoms with Gasteiger partial charge in [-0.1, -0.05) is 6.07 Å². The first-order valence-corrected chi connectivity index (χ1v) is 8.36. The number of aromatic nitrogens is 3. The van der Waals surface area contributed by atoms with Crippen molar-refractivity contribution in [3.63, 3.8) is 0 Å². The molecule has 0 amide bonds. The van der Waals surface area contributed by atoms with Crippen molar-refractivity contribution in [1.82, 2.24) is 14.8 Å². The predicted molar refractivity (Wildman–Crippen MR) is 97.6 cm³/mol. The molecule has 1 N–H and O–H groups in total. The van der Waals surface area contributed by atoms with Gasteiger partial charge in [-0.25, -0.2) is 0 Å². The Kier molecular flexibility index (Phi) is 4.26. The van der Waals surface area contributed by atoms with E-state index in [0.29, 0.717) is 28.6 Å². The molecule has 3 aromatic rings. The van der Waals surface area contributed by atoms with Crippen LogP contribution in [0.5, 0.6) is 23.0 Å². The van der Waals surface area contributed by atoms with Gasteiger partial charge in [-0.15, -0.1) is 0 Å². The van der Waals surface area contributed by atoms with Gasteiger partial charge in [-0.2, -0.15) is 5.10 Å². The Morgan fingerprint density at radius 1 is 1.08 bits per heavy atom. The molecule has 7 nitrogen and oxygen atoms in total. The minimum atomic E-state index is 0.249. The molecule has 1 aromatic heterocycles. The zero-order chi connectivity index (χ0) is 18.1. The van der Waals surface area contributed by atoms with E-state index in [0.717, 1.165) is 22.6 Å². The molecule has 8 heteroatoms. The second kappa shape index (κ2) is 6.72. The molecule has 0 radical (unpaired) electrons. The van der Waals surface area contributed by atoms with Crippen LogP contribution in [0.25, 0.3) is 11.4 Å². The summed E-state index contributed by atoms with van der Waals surface area (Å²) >= 11 is 5.42. The number of benzene rings is 2. The Morgan fingerprint density at radius 2 is 1.81 bits per heavy atom. The molecule has 4 rings (SSSR count). The lowest BCUT2D eigenvalue weighted by molar-refractivity contribution is 0.174. The lowest BCUT2D eigenvalue weighted by atomic mass is 10.1. The quantitative estimate of drug-likeness (QED) is 0.693. The van der Waals surface area contributed by atoms with Crippen LogP contribution < -0.4 is 18.9 Å². The fraction of sp³-hybridized carbons (Fsp3) is 0.222. The molecule has 1 aliphatic heterocycles. The molecule has 0 spiro atoms. The average Bonchev–Trinajstić information content (AvgIpc) is 3.28. The summed E-state index contributed by atoms with van der Waals surface area (Å²) in [6, 6.07) is 11.4. The van der Waals surface area contributed by atoms with Gasteiger partial charge in [0, 0.05) is 11.6 Å². The average molecular weight is 371 g/mol. The molecule has 0 fully saturated rings.